The molecular weight excluding hydrogens is 306 g/mol. The van der Waals surface area contributed by atoms with E-state index in [-0.39, 0.29) is 11.5 Å². The van der Waals surface area contributed by atoms with Gasteiger partial charge in [0.1, 0.15) is 5.75 Å². The van der Waals surface area contributed by atoms with Gasteiger partial charge in [-0.3, -0.25) is 9.59 Å². The second-order valence-corrected chi connectivity index (χ2v) is 5.79. The van der Waals surface area contributed by atoms with Crippen molar-refractivity contribution in [3.63, 3.8) is 0 Å². The summed E-state index contributed by atoms with van der Waals surface area (Å²) in [6, 6.07) is 7.09. The molecule has 1 amide bonds. The maximum Gasteiger partial charge on any atom is 0.260 e. The molecular formula is C18H19N3O3. The van der Waals surface area contributed by atoms with Crippen molar-refractivity contribution in [1.82, 2.24) is 9.13 Å². The van der Waals surface area contributed by atoms with Crippen LogP contribution in [0, 0.1) is 6.92 Å². The Labute approximate surface area is 139 Å². The molecule has 0 fully saturated rings. The van der Waals surface area contributed by atoms with Crippen LogP contribution in [0.15, 0.2) is 41.5 Å². The largest absolute Gasteiger partial charge is 0.497 e. The highest BCUT2D eigenvalue weighted by Gasteiger charge is 2.19. The van der Waals surface area contributed by atoms with Crippen molar-refractivity contribution in [3.8, 4) is 5.75 Å². The number of rotatable bonds is 3. The third kappa shape index (κ3) is 2.56. The Morgan fingerprint density at radius 2 is 1.92 bits per heavy atom. The number of benzene rings is 1. The number of carbonyl (C=O) groups excluding carboxylic acids is 1. The molecule has 2 aromatic heterocycles. The van der Waals surface area contributed by atoms with Crippen LogP contribution in [0.3, 0.4) is 0 Å². The molecule has 6 nitrogen and oxygen atoms in total. The van der Waals surface area contributed by atoms with Crippen LogP contribution in [0.2, 0.25) is 0 Å². The molecule has 0 unspecified atom stereocenters. The Morgan fingerprint density at radius 1 is 1.17 bits per heavy atom. The van der Waals surface area contributed by atoms with Crippen LogP contribution < -0.4 is 15.6 Å². The molecule has 24 heavy (non-hydrogen) atoms. The molecule has 0 radical (unpaired) electrons. The third-order valence-corrected chi connectivity index (χ3v) is 4.05. The van der Waals surface area contributed by atoms with Crippen molar-refractivity contribution in [2.45, 2.75) is 6.92 Å². The van der Waals surface area contributed by atoms with Crippen LogP contribution in [0.25, 0.3) is 10.9 Å². The summed E-state index contributed by atoms with van der Waals surface area (Å²) in [7, 11) is 5.08. The summed E-state index contributed by atoms with van der Waals surface area (Å²) in [5, 5.41) is 3.26. The van der Waals surface area contributed by atoms with Crippen LogP contribution in [0.1, 0.15) is 15.9 Å². The average molecular weight is 325 g/mol. The van der Waals surface area contributed by atoms with Crippen molar-refractivity contribution >= 4 is 22.5 Å². The lowest BCUT2D eigenvalue weighted by Crippen LogP contribution is -2.20. The Morgan fingerprint density at radius 3 is 2.62 bits per heavy atom. The van der Waals surface area contributed by atoms with Gasteiger partial charge in [-0.1, -0.05) is 6.07 Å². The van der Waals surface area contributed by atoms with E-state index in [1.54, 1.807) is 50.8 Å². The molecule has 3 rings (SSSR count). The van der Waals surface area contributed by atoms with Gasteiger partial charge in [0.2, 0.25) is 0 Å². The molecule has 3 aromatic rings. The lowest BCUT2D eigenvalue weighted by Gasteiger charge is -2.07. The first-order valence-corrected chi connectivity index (χ1v) is 7.53. The Hall–Kier alpha value is -3.02. The normalized spacial score (nSPS) is 10.8. The molecule has 1 aromatic carbocycles. The number of methoxy groups -OCH3 is 1. The van der Waals surface area contributed by atoms with Gasteiger partial charge in [0.05, 0.1) is 23.6 Å². The summed E-state index contributed by atoms with van der Waals surface area (Å²) >= 11 is 0. The first-order valence-electron chi connectivity index (χ1n) is 7.53. The minimum absolute atomic E-state index is 0.188. The zero-order valence-corrected chi connectivity index (χ0v) is 14.1. The van der Waals surface area contributed by atoms with Gasteiger partial charge >= 0.3 is 0 Å². The van der Waals surface area contributed by atoms with Gasteiger partial charge in [0.25, 0.3) is 11.5 Å². The second kappa shape index (κ2) is 5.88. The highest BCUT2D eigenvalue weighted by Crippen LogP contribution is 2.22. The van der Waals surface area contributed by atoms with Gasteiger partial charge in [-0.2, -0.15) is 0 Å². The van der Waals surface area contributed by atoms with Crippen molar-refractivity contribution in [3.05, 3.63) is 58.1 Å². The monoisotopic (exact) mass is 325 g/mol. The summed E-state index contributed by atoms with van der Waals surface area (Å²) in [4.78, 5) is 25.2. The molecule has 0 saturated carbocycles. The number of nitrogens with one attached hydrogen (secondary N) is 1. The maximum atomic E-state index is 12.7. The molecule has 124 valence electrons. The van der Waals surface area contributed by atoms with Crippen molar-refractivity contribution in [2.24, 2.45) is 14.1 Å². The second-order valence-electron chi connectivity index (χ2n) is 5.79. The number of hydrogen-bond acceptors (Lipinski definition) is 3. The maximum absolute atomic E-state index is 12.7. The molecule has 0 saturated heterocycles. The van der Waals surface area contributed by atoms with Crippen LogP contribution >= 0.6 is 0 Å². The minimum atomic E-state index is -0.323. The Kier molecular flexibility index (Phi) is 3.89. The van der Waals surface area contributed by atoms with Gasteiger partial charge in [-0.05, 0) is 24.6 Å². The van der Waals surface area contributed by atoms with Gasteiger partial charge in [-0.25, -0.2) is 0 Å². The summed E-state index contributed by atoms with van der Waals surface area (Å²) in [5.41, 5.74) is 2.50. The topological polar surface area (TPSA) is 65.3 Å². The predicted octanol–water partition coefficient (Wildman–Crippen LogP) is 2.45. The third-order valence-electron chi connectivity index (χ3n) is 4.05. The lowest BCUT2D eigenvalue weighted by molar-refractivity contribution is 0.102. The standard InChI is InChI=1S/C18H19N3O3/c1-11-9-21(3)18(23)15-14(10-20(2)16(11)15)17(22)19-12-6-5-7-13(8-12)24-4/h5-10H,1-4H3,(H,19,22). The summed E-state index contributed by atoms with van der Waals surface area (Å²) in [5.74, 6) is 0.328. The summed E-state index contributed by atoms with van der Waals surface area (Å²) in [6.45, 7) is 1.92. The minimum Gasteiger partial charge on any atom is -0.497 e. The highest BCUT2D eigenvalue weighted by atomic mass is 16.5. The van der Waals surface area contributed by atoms with Gasteiger partial charge in [0, 0.05) is 38.2 Å². The van der Waals surface area contributed by atoms with Crippen molar-refractivity contribution in [1.29, 1.82) is 0 Å². The SMILES string of the molecule is COc1cccc(NC(=O)c2cn(C)c3c(C)cn(C)c(=O)c23)c1. The summed E-state index contributed by atoms with van der Waals surface area (Å²) < 4.78 is 8.47. The van der Waals surface area contributed by atoms with E-state index in [1.807, 2.05) is 18.5 Å². The fraction of sp³-hybridized carbons (Fsp3) is 0.222. The first-order chi connectivity index (χ1) is 11.4. The van der Waals surface area contributed by atoms with E-state index < -0.39 is 0 Å². The number of anilines is 1. The van der Waals surface area contributed by atoms with E-state index in [2.05, 4.69) is 5.32 Å². The number of carbonyl (C=O) groups is 1. The Bertz CT molecular complexity index is 999. The summed E-state index contributed by atoms with van der Waals surface area (Å²) in [6.07, 6.45) is 3.46. The fourth-order valence-electron chi connectivity index (χ4n) is 2.98. The zero-order chi connectivity index (χ0) is 17.4. The molecule has 0 bridgehead atoms. The van der Waals surface area contributed by atoms with Gasteiger partial charge in [0.15, 0.2) is 0 Å². The van der Waals surface area contributed by atoms with E-state index in [9.17, 15) is 9.59 Å². The predicted molar refractivity (Wildman–Crippen MR) is 93.8 cm³/mol. The van der Waals surface area contributed by atoms with Crippen molar-refractivity contribution < 1.29 is 9.53 Å². The molecule has 0 aliphatic rings. The van der Waals surface area contributed by atoms with Crippen molar-refractivity contribution in [2.75, 3.05) is 12.4 Å². The number of pyridine rings is 1. The average Bonchev–Trinajstić information content (AvgIpc) is 2.91. The van der Waals surface area contributed by atoms with Gasteiger partial charge in [-0.15, -0.1) is 0 Å². The smallest absolute Gasteiger partial charge is 0.260 e. The molecule has 0 spiro atoms. The molecule has 0 aliphatic heterocycles. The van der Waals surface area contributed by atoms with E-state index in [1.165, 1.54) is 4.57 Å². The van der Waals surface area contributed by atoms with Crippen LogP contribution in [-0.2, 0) is 14.1 Å². The first kappa shape index (κ1) is 15.9. The quantitative estimate of drug-likeness (QED) is 0.804. The molecule has 2 heterocycles. The number of fused-ring (bicyclic) bond motifs is 1. The Balaban J connectivity index is 2.09. The number of aromatic nitrogens is 2. The number of aryl methyl sites for hydroxylation is 3. The van der Waals surface area contributed by atoms with Crippen LogP contribution in [-0.4, -0.2) is 22.2 Å². The molecule has 6 heteroatoms. The zero-order valence-electron chi connectivity index (χ0n) is 14.1. The van der Waals surface area contributed by atoms with Crippen LogP contribution in [0.5, 0.6) is 5.75 Å². The molecule has 0 aliphatic carbocycles. The number of amides is 1. The number of nitrogens with zero attached hydrogens (tertiary/aromatic N) is 2. The number of ether oxygens (including phenoxy) is 1. The van der Waals surface area contributed by atoms with E-state index >= 15 is 0 Å². The highest BCUT2D eigenvalue weighted by molar-refractivity contribution is 6.13. The number of hydrogen-bond donors (Lipinski definition) is 1. The van der Waals surface area contributed by atoms with Gasteiger partial charge < -0.3 is 19.2 Å². The van der Waals surface area contributed by atoms with Crippen LogP contribution in [0.4, 0.5) is 5.69 Å². The molecule has 0 atom stereocenters. The fourth-order valence-corrected chi connectivity index (χ4v) is 2.98. The van der Waals surface area contributed by atoms with E-state index in [0.29, 0.717) is 22.4 Å². The van der Waals surface area contributed by atoms with E-state index in [4.69, 9.17) is 4.74 Å². The lowest BCUT2D eigenvalue weighted by atomic mass is 10.1. The van der Waals surface area contributed by atoms with E-state index in [0.717, 1.165) is 11.1 Å². The molecule has 1 N–H and O–H groups in total.